The lowest BCUT2D eigenvalue weighted by atomic mass is 10.1. The Balaban J connectivity index is 1.84. The van der Waals surface area contributed by atoms with Gasteiger partial charge in [-0.25, -0.2) is 8.42 Å². The minimum atomic E-state index is -3.76. The third-order valence-corrected chi connectivity index (χ3v) is 6.22. The number of amides is 1. The van der Waals surface area contributed by atoms with Crippen molar-refractivity contribution in [3.63, 3.8) is 0 Å². The molecule has 1 aliphatic rings. The first kappa shape index (κ1) is 17.6. The zero-order chi connectivity index (χ0) is 18.2. The van der Waals surface area contributed by atoms with E-state index in [-0.39, 0.29) is 10.8 Å². The first-order valence-corrected chi connectivity index (χ1v) is 9.74. The molecule has 6 heteroatoms. The molecule has 1 fully saturated rings. The molecule has 0 aliphatic carbocycles. The summed E-state index contributed by atoms with van der Waals surface area (Å²) in [5.74, 6) is -0.211. The predicted octanol–water partition coefficient (Wildman–Crippen LogP) is 2.70. The second kappa shape index (κ2) is 6.61. The maximum absolute atomic E-state index is 12.8. The smallest absolute Gasteiger partial charge is 0.245 e. The second-order valence-electron chi connectivity index (χ2n) is 6.52. The van der Waals surface area contributed by atoms with Crippen LogP contribution in [0.2, 0.25) is 0 Å². The Hall–Kier alpha value is -2.18. The van der Waals surface area contributed by atoms with Crippen LogP contribution in [-0.2, 0) is 14.8 Å². The second-order valence-corrected chi connectivity index (χ2v) is 8.17. The molecule has 1 amide bonds. The van der Waals surface area contributed by atoms with Gasteiger partial charge in [-0.3, -0.25) is 4.79 Å². The van der Waals surface area contributed by atoms with Crippen LogP contribution in [0.1, 0.15) is 23.1 Å². The van der Waals surface area contributed by atoms with Gasteiger partial charge in [0.1, 0.15) is 6.04 Å². The van der Waals surface area contributed by atoms with E-state index in [9.17, 15) is 13.2 Å². The molecule has 1 heterocycles. The first-order chi connectivity index (χ1) is 11.8. The van der Waals surface area contributed by atoms with E-state index >= 15 is 0 Å². The molecular formula is C19H22N2O3S. The summed E-state index contributed by atoms with van der Waals surface area (Å²) in [6, 6.07) is 12.3. The molecule has 0 aromatic heterocycles. The lowest BCUT2D eigenvalue weighted by Gasteiger charge is -2.18. The molecule has 5 nitrogen and oxygen atoms in total. The number of hydrogen-bond donors (Lipinski definition) is 1. The molecule has 0 bridgehead atoms. The van der Waals surface area contributed by atoms with Crippen LogP contribution in [0.3, 0.4) is 0 Å². The number of nitrogens with zero attached hydrogens (tertiary/aromatic N) is 1. The molecule has 0 radical (unpaired) electrons. The van der Waals surface area contributed by atoms with Gasteiger partial charge in [0.25, 0.3) is 0 Å². The van der Waals surface area contributed by atoms with E-state index in [2.05, 4.69) is 4.72 Å². The van der Waals surface area contributed by atoms with Crippen molar-refractivity contribution in [1.82, 2.24) is 4.72 Å². The minimum Gasteiger partial charge on any atom is -0.311 e. The lowest BCUT2D eigenvalue weighted by Crippen LogP contribution is -2.41. The summed E-state index contributed by atoms with van der Waals surface area (Å²) in [7, 11) is -3.76. The number of nitrogens with one attached hydrogen (secondary N) is 1. The lowest BCUT2D eigenvalue weighted by molar-refractivity contribution is -0.118. The quantitative estimate of drug-likeness (QED) is 0.914. The molecule has 1 aliphatic heterocycles. The molecule has 25 heavy (non-hydrogen) atoms. The maximum Gasteiger partial charge on any atom is 0.245 e. The zero-order valence-corrected chi connectivity index (χ0v) is 15.4. The van der Waals surface area contributed by atoms with Gasteiger partial charge in [0.2, 0.25) is 15.9 Å². The van der Waals surface area contributed by atoms with Gasteiger partial charge in [0.05, 0.1) is 4.90 Å². The van der Waals surface area contributed by atoms with E-state index in [0.29, 0.717) is 24.1 Å². The predicted molar refractivity (Wildman–Crippen MR) is 98.2 cm³/mol. The van der Waals surface area contributed by atoms with Gasteiger partial charge in [0.15, 0.2) is 0 Å². The molecule has 1 N–H and O–H groups in total. The van der Waals surface area contributed by atoms with E-state index in [1.165, 1.54) is 0 Å². The van der Waals surface area contributed by atoms with Gasteiger partial charge in [0, 0.05) is 12.2 Å². The number of carbonyl (C=O) groups is 1. The molecule has 1 saturated heterocycles. The minimum absolute atomic E-state index is 0.211. The molecule has 132 valence electrons. The average Bonchev–Trinajstić information content (AvgIpc) is 2.87. The summed E-state index contributed by atoms with van der Waals surface area (Å²) >= 11 is 0. The summed E-state index contributed by atoms with van der Waals surface area (Å²) in [5, 5.41) is 0. The Kier molecular flexibility index (Phi) is 4.67. The Morgan fingerprint density at radius 1 is 1.04 bits per heavy atom. The SMILES string of the molecule is Cc1cc(C)c(S(=O)(=O)N[C@H]2CCN(c3ccccc3)C2=O)c(C)c1. The largest absolute Gasteiger partial charge is 0.311 e. The van der Waals surface area contributed by atoms with Crippen LogP contribution in [0.4, 0.5) is 5.69 Å². The Labute approximate surface area is 148 Å². The highest BCUT2D eigenvalue weighted by Crippen LogP contribution is 2.25. The molecule has 2 aromatic carbocycles. The van der Waals surface area contributed by atoms with Crippen LogP contribution in [0.25, 0.3) is 0 Å². The van der Waals surface area contributed by atoms with Crippen LogP contribution >= 0.6 is 0 Å². The Morgan fingerprint density at radius 2 is 1.64 bits per heavy atom. The van der Waals surface area contributed by atoms with Gasteiger partial charge in [-0.1, -0.05) is 35.9 Å². The number of aryl methyl sites for hydroxylation is 3. The van der Waals surface area contributed by atoms with Gasteiger partial charge >= 0.3 is 0 Å². The summed E-state index contributed by atoms with van der Waals surface area (Å²) in [5.41, 5.74) is 3.18. The molecule has 3 rings (SSSR count). The maximum atomic E-state index is 12.8. The monoisotopic (exact) mass is 358 g/mol. The zero-order valence-electron chi connectivity index (χ0n) is 14.6. The normalized spacial score (nSPS) is 18.0. The Morgan fingerprint density at radius 3 is 2.24 bits per heavy atom. The van der Waals surface area contributed by atoms with E-state index in [4.69, 9.17) is 0 Å². The van der Waals surface area contributed by atoms with Crippen molar-refractivity contribution in [3.8, 4) is 0 Å². The number of hydrogen-bond acceptors (Lipinski definition) is 3. The van der Waals surface area contributed by atoms with Crippen molar-refractivity contribution >= 4 is 21.6 Å². The van der Waals surface area contributed by atoms with Crippen molar-refractivity contribution in [1.29, 1.82) is 0 Å². The van der Waals surface area contributed by atoms with Crippen LogP contribution in [0.5, 0.6) is 0 Å². The number of rotatable bonds is 4. The van der Waals surface area contributed by atoms with Crippen molar-refractivity contribution in [2.24, 2.45) is 0 Å². The van der Waals surface area contributed by atoms with Crippen molar-refractivity contribution in [3.05, 3.63) is 59.2 Å². The highest BCUT2D eigenvalue weighted by molar-refractivity contribution is 7.89. The molecule has 2 aromatic rings. The van der Waals surface area contributed by atoms with E-state index in [0.717, 1.165) is 11.3 Å². The highest BCUT2D eigenvalue weighted by Gasteiger charge is 2.36. The van der Waals surface area contributed by atoms with Gasteiger partial charge in [-0.2, -0.15) is 4.72 Å². The number of benzene rings is 2. The number of anilines is 1. The number of para-hydroxylation sites is 1. The molecule has 0 saturated carbocycles. The highest BCUT2D eigenvalue weighted by atomic mass is 32.2. The van der Waals surface area contributed by atoms with Crippen molar-refractivity contribution < 1.29 is 13.2 Å². The topological polar surface area (TPSA) is 66.5 Å². The van der Waals surface area contributed by atoms with Gasteiger partial charge in [-0.05, 0) is 50.5 Å². The summed E-state index contributed by atoms with van der Waals surface area (Å²) < 4.78 is 28.3. The third-order valence-electron chi connectivity index (χ3n) is 4.44. The standard InChI is InChI=1S/C19H22N2O3S/c1-13-11-14(2)18(15(3)12-13)25(23,24)20-17-9-10-21(19(17)22)16-7-5-4-6-8-16/h4-8,11-12,17,20H,9-10H2,1-3H3/t17-/m0/s1. The van der Waals surface area contributed by atoms with E-state index < -0.39 is 16.1 Å². The summed E-state index contributed by atoms with van der Waals surface area (Å²) in [6.07, 6.45) is 0.455. The first-order valence-electron chi connectivity index (χ1n) is 8.26. The fourth-order valence-electron chi connectivity index (χ4n) is 3.49. The molecule has 0 spiro atoms. The van der Waals surface area contributed by atoms with Crippen LogP contribution < -0.4 is 9.62 Å². The molecular weight excluding hydrogens is 336 g/mol. The van der Waals surface area contributed by atoms with Crippen molar-refractivity contribution in [2.45, 2.75) is 38.1 Å². The fraction of sp³-hybridized carbons (Fsp3) is 0.316. The fourth-order valence-corrected chi connectivity index (χ4v) is 5.17. The van der Waals surface area contributed by atoms with Gasteiger partial charge in [-0.15, -0.1) is 0 Å². The van der Waals surface area contributed by atoms with Crippen LogP contribution in [0, 0.1) is 20.8 Å². The number of sulfonamides is 1. The van der Waals surface area contributed by atoms with E-state index in [1.54, 1.807) is 18.7 Å². The Bertz CT molecular complexity index is 885. The summed E-state index contributed by atoms with van der Waals surface area (Å²) in [4.78, 5) is 14.5. The molecule has 0 unspecified atom stereocenters. The number of carbonyl (C=O) groups excluding carboxylic acids is 1. The van der Waals surface area contributed by atoms with Crippen LogP contribution in [-0.4, -0.2) is 26.9 Å². The average molecular weight is 358 g/mol. The van der Waals surface area contributed by atoms with Gasteiger partial charge < -0.3 is 4.90 Å². The molecule has 1 atom stereocenters. The summed E-state index contributed by atoms with van der Waals surface area (Å²) in [6.45, 7) is 5.99. The third kappa shape index (κ3) is 3.45. The van der Waals surface area contributed by atoms with E-state index in [1.807, 2.05) is 49.4 Å². The van der Waals surface area contributed by atoms with Crippen molar-refractivity contribution in [2.75, 3.05) is 11.4 Å². The van der Waals surface area contributed by atoms with Crippen LogP contribution in [0.15, 0.2) is 47.4 Å².